The van der Waals surface area contributed by atoms with Crippen molar-refractivity contribution in [3.8, 4) is 0 Å². The second-order valence-electron chi connectivity index (χ2n) is 8.44. The molecule has 2 aromatic carbocycles. The molecule has 3 rings (SSSR count). The molecular formula is C26H20Cl2F6N2O2. The van der Waals surface area contributed by atoms with Crippen LogP contribution in [0.5, 0.6) is 0 Å². The van der Waals surface area contributed by atoms with E-state index in [4.69, 9.17) is 23.2 Å². The third kappa shape index (κ3) is 7.48. The number of aromatic nitrogens is 1. The van der Waals surface area contributed by atoms with Crippen molar-refractivity contribution in [2.75, 3.05) is 4.90 Å². The van der Waals surface area contributed by atoms with Crippen LogP contribution in [0.4, 0.5) is 32.0 Å². The summed E-state index contributed by atoms with van der Waals surface area (Å²) in [5.74, 6) is -1.08. The van der Waals surface area contributed by atoms with Gasteiger partial charge in [0, 0.05) is 37.8 Å². The number of nitrogens with zero attached hydrogens (tertiary/aromatic N) is 2. The summed E-state index contributed by atoms with van der Waals surface area (Å²) in [6, 6.07) is 7.67. The first-order valence-electron chi connectivity index (χ1n) is 11.1. The van der Waals surface area contributed by atoms with Crippen LogP contribution in [0.2, 0.25) is 10.0 Å². The molecule has 0 aliphatic heterocycles. The Balaban J connectivity index is 1.96. The van der Waals surface area contributed by atoms with Gasteiger partial charge < -0.3 is 4.90 Å². The fourth-order valence-corrected chi connectivity index (χ4v) is 4.24. The molecule has 1 heterocycles. The van der Waals surface area contributed by atoms with Gasteiger partial charge in [-0.2, -0.15) is 26.3 Å². The monoisotopic (exact) mass is 576 g/mol. The molecule has 1 amide bonds. The second-order valence-corrected chi connectivity index (χ2v) is 9.26. The van der Waals surface area contributed by atoms with E-state index in [0.717, 1.165) is 0 Å². The fraction of sp³-hybridized carbons (Fsp3) is 0.269. The first kappa shape index (κ1) is 29.4. The Morgan fingerprint density at radius 1 is 0.842 bits per heavy atom. The molecule has 0 saturated heterocycles. The summed E-state index contributed by atoms with van der Waals surface area (Å²) in [5, 5.41) is 0.471. The zero-order valence-electron chi connectivity index (χ0n) is 19.7. The number of rotatable bonds is 8. The van der Waals surface area contributed by atoms with E-state index in [0.29, 0.717) is 23.4 Å². The van der Waals surface area contributed by atoms with Gasteiger partial charge in [0.25, 0.3) is 0 Å². The normalized spacial score (nSPS) is 12.8. The van der Waals surface area contributed by atoms with Gasteiger partial charge in [0.2, 0.25) is 5.91 Å². The number of amides is 1. The maximum Gasteiger partial charge on any atom is 0.416 e. The van der Waals surface area contributed by atoms with E-state index in [2.05, 4.69) is 4.98 Å². The number of carbonyl (C=O) groups is 2. The number of hydrogen-bond acceptors (Lipinski definition) is 3. The number of hydrogen-bond donors (Lipinski definition) is 0. The van der Waals surface area contributed by atoms with Crippen molar-refractivity contribution < 1.29 is 35.9 Å². The van der Waals surface area contributed by atoms with Gasteiger partial charge in [-0.3, -0.25) is 14.6 Å². The van der Waals surface area contributed by atoms with Gasteiger partial charge in [0.1, 0.15) is 0 Å². The van der Waals surface area contributed by atoms with Crippen LogP contribution in [0.3, 0.4) is 0 Å². The summed E-state index contributed by atoms with van der Waals surface area (Å²) in [4.78, 5) is 31.2. The van der Waals surface area contributed by atoms with E-state index in [1.165, 1.54) is 48.5 Å². The van der Waals surface area contributed by atoms with Crippen LogP contribution in [0.1, 0.15) is 35.6 Å². The third-order valence-corrected chi connectivity index (χ3v) is 6.42. The highest BCUT2D eigenvalue weighted by Crippen LogP contribution is 2.36. The van der Waals surface area contributed by atoms with E-state index in [-0.39, 0.29) is 28.1 Å². The van der Waals surface area contributed by atoms with Gasteiger partial charge in [-0.05, 0) is 60.0 Å². The summed E-state index contributed by atoms with van der Waals surface area (Å²) in [6.45, 7) is 1.23. The van der Waals surface area contributed by atoms with Crippen LogP contribution in [0.15, 0.2) is 60.9 Å². The topological polar surface area (TPSA) is 50.3 Å². The summed E-state index contributed by atoms with van der Waals surface area (Å²) in [7, 11) is 0. The van der Waals surface area contributed by atoms with Gasteiger partial charge in [-0.15, -0.1) is 0 Å². The van der Waals surface area contributed by atoms with Crippen molar-refractivity contribution in [2.24, 2.45) is 0 Å². The first-order chi connectivity index (χ1) is 17.7. The van der Waals surface area contributed by atoms with Crippen LogP contribution >= 0.6 is 23.2 Å². The predicted octanol–water partition coefficient (Wildman–Crippen LogP) is 7.59. The van der Waals surface area contributed by atoms with Crippen LogP contribution < -0.4 is 4.90 Å². The Labute approximate surface area is 224 Å². The molecule has 1 unspecified atom stereocenters. The highest BCUT2D eigenvalue weighted by Gasteiger charge is 2.37. The minimum absolute atomic E-state index is 0.0271. The van der Waals surface area contributed by atoms with E-state index in [1.54, 1.807) is 6.07 Å². The Morgan fingerprint density at radius 2 is 1.42 bits per heavy atom. The Kier molecular flexibility index (Phi) is 9.09. The molecule has 3 aromatic rings. The lowest BCUT2D eigenvalue weighted by Gasteiger charge is -2.30. The molecule has 202 valence electrons. The quantitative estimate of drug-likeness (QED) is 0.259. The molecule has 0 saturated carbocycles. The largest absolute Gasteiger partial charge is 0.416 e. The molecule has 4 nitrogen and oxygen atoms in total. The lowest BCUT2D eigenvalue weighted by atomic mass is 9.94. The Morgan fingerprint density at radius 3 is 1.92 bits per heavy atom. The first-order valence-corrected chi connectivity index (χ1v) is 11.9. The van der Waals surface area contributed by atoms with Gasteiger partial charge >= 0.3 is 12.4 Å². The Bertz CT molecular complexity index is 1280. The van der Waals surface area contributed by atoms with Gasteiger partial charge in [-0.1, -0.05) is 29.3 Å². The maximum absolute atomic E-state index is 13.4. The smallest absolute Gasteiger partial charge is 0.302 e. The molecule has 0 bridgehead atoms. The minimum atomic E-state index is -5.01. The standard InChI is InChI=1S/C26H20Cl2F6N2O2/c1-15(37)36(20-6-8-35-9-7-20)23(13-17-2-4-21(27)22(28)12-17)24(38)5-3-16-10-18(25(29,30)31)14-19(11-16)26(32,33)34/h2,4,6-12,14,23H,3,5,13H2,1H3. The van der Waals surface area contributed by atoms with Gasteiger partial charge in [0.15, 0.2) is 5.78 Å². The summed E-state index contributed by atoms with van der Waals surface area (Å²) in [5.41, 5.74) is -2.37. The van der Waals surface area contributed by atoms with Crippen LogP contribution in [-0.2, 0) is 34.8 Å². The molecule has 0 aliphatic rings. The maximum atomic E-state index is 13.4. The average molecular weight is 577 g/mol. The molecule has 1 aromatic heterocycles. The minimum Gasteiger partial charge on any atom is -0.302 e. The fourth-order valence-electron chi connectivity index (χ4n) is 3.92. The molecule has 12 heteroatoms. The number of halogens is 8. The molecule has 0 N–H and O–H groups in total. The molecule has 0 fully saturated rings. The number of alkyl halides is 6. The number of Topliss-reactive ketones (excluding diaryl/α,β-unsaturated/α-hetero) is 1. The summed E-state index contributed by atoms with van der Waals surface area (Å²) < 4.78 is 79.5. The van der Waals surface area contributed by atoms with E-state index < -0.39 is 54.1 Å². The van der Waals surface area contributed by atoms with Crippen molar-refractivity contribution >= 4 is 40.6 Å². The molecule has 0 radical (unpaired) electrons. The molecule has 0 aliphatic carbocycles. The van der Waals surface area contributed by atoms with E-state index >= 15 is 0 Å². The SMILES string of the molecule is CC(=O)N(c1ccncc1)C(Cc1ccc(Cl)c(Cl)c1)C(=O)CCc1cc(C(F)(F)F)cc(C(F)(F)F)c1. The van der Waals surface area contributed by atoms with Crippen molar-refractivity contribution in [1.29, 1.82) is 0 Å². The van der Waals surface area contributed by atoms with E-state index in [1.807, 2.05) is 0 Å². The molecule has 38 heavy (non-hydrogen) atoms. The van der Waals surface area contributed by atoms with Crippen molar-refractivity contribution in [1.82, 2.24) is 4.98 Å². The van der Waals surface area contributed by atoms with Crippen LogP contribution in [-0.4, -0.2) is 22.7 Å². The van der Waals surface area contributed by atoms with Crippen LogP contribution in [0.25, 0.3) is 0 Å². The zero-order chi connectivity index (χ0) is 28.3. The van der Waals surface area contributed by atoms with Crippen LogP contribution in [0, 0.1) is 0 Å². The number of aryl methyl sites for hydroxylation is 1. The summed E-state index contributed by atoms with van der Waals surface area (Å²) >= 11 is 12.1. The molecular weight excluding hydrogens is 557 g/mol. The van der Waals surface area contributed by atoms with Crippen molar-refractivity contribution in [3.63, 3.8) is 0 Å². The summed E-state index contributed by atoms with van der Waals surface area (Å²) in [6.07, 6.45) is -8.08. The second kappa shape index (κ2) is 11.7. The van der Waals surface area contributed by atoms with Crippen molar-refractivity contribution in [2.45, 2.75) is 44.6 Å². The highest BCUT2D eigenvalue weighted by atomic mass is 35.5. The number of pyridine rings is 1. The van der Waals surface area contributed by atoms with Gasteiger partial charge in [-0.25, -0.2) is 0 Å². The predicted molar refractivity (Wildman–Crippen MR) is 131 cm³/mol. The lowest BCUT2D eigenvalue weighted by molar-refractivity contribution is -0.143. The number of carbonyl (C=O) groups excluding carboxylic acids is 2. The lowest BCUT2D eigenvalue weighted by Crippen LogP contribution is -2.46. The molecule has 0 spiro atoms. The van der Waals surface area contributed by atoms with Crippen molar-refractivity contribution in [3.05, 3.63) is 93.2 Å². The average Bonchev–Trinajstić information content (AvgIpc) is 2.83. The number of benzene rings is 2. The number of ketones is 1. The number of anilines is 1. The molecule has 1 atom stereocenters. The van der Waals surface area contributed by atoms with E-state index in [9.17, 15) is 35.9 Å². The Hall–Kier alpha value is -3.11. The third-order valence-electron chi connectivity index (χ3n) is 5.68. The highest BCUT2D eigenvalue weighted by molar-refractivity contribution is 6.42. The zero-order valence-corrected chi connectivity index (χ0v) is 21.2. The van der Waals surface area contributed by atoms with Gasteiger partial charge in [0.05, 0.1) is 27.2 Å².